The Kier molecular flexibility index (Phi) is 4.00. The van der Waals surface area contributed by atoms with E-state index in [0.717, 1.165) is 12.5 Å². The summed E-state index contributed by atoms with van der Waals surface area (Å²) in [5, 5.41) is 3.53. The van der Waals surface area contributed by atoms with Crippen molar-refractivity contribution in [2.45, 2.75) is 58.0 Å². The average molecular weight is 217 g/mol. The van der Waals surface area contributed by atoms with Crippen molar-refractivity contribution in [3.05, 3.63) is 35.4 Å². The smallest absolute Gasteiger partial charge is 0.0210 e. The third kappa shape index (κ3) is 2.85. The summed E-state index contributed by atoms with van der Waals surface area (Å²) in [4.78, 5) is 0. The summed E-state index contributed by atoms with van der Waals surface area (Å²) in [6, 6.07) is 9.52. The fourth-order valence-electron chi connectivity index (χ4n) is 2.64. The van der Waals surface area contributed by atoms with E-state index in [1.54, 1.807) is 5.56 Å². The van der Waals surface area contributed by atoms with Gasteiger partial charge in [0.2, 0.25) is 0 Å². The molecule has 16 heavy (non-hydrogen) atoms. The molecule has 1 saturated carbocycles. The van der Waals surface area contributed by atoms with Crippen LogP contribution in [0, 0.1) is 0 Å². The predicted octanol–water partition coefficient (Wildman–Crippen LogP) is 3.84. The molecule has 1 nitrogen and oxygen atoms in total. The SMILES string of the molecule is CC(C)NCc1ccccc1C1CCCC1. The molecule has 0 aromatic heterocycles. The zero-order chi connectivity index (χ0) is 11.4. The van der Waals surface area contributed by atoms with Gasteiger partial charge in [0.05, 0.1) is 0 Å². The molecule has 0 amide bonds. The maximum absolute atomic E-state index is 3.53. The Morgan fingerprint density at radius 3 is 2.56 bits per heavy atom. The van der Waals surface area contributed by atoms with E-state index in [0.29, 0.717) is 6.04 Å². The minimum atomic E-state index is 0.566. The summed E-state index contributed by atoms with van der Waals surface area (Å²) in [7, 11) is 0. The van der Waals surface area contributed by atoms with Gasteiger partial charge >= 0.3 is 0 Å². The molecule has 0 atom stereocenters. The topological polar surface area (TPSA) is 12.0 Å². The molecule has 0 spiro atoms. The van der Waals surface area contributed by atoms with Crippen LogP contribution in [0.1, 0.15) is 56.6 Å². The first-order chi connectivity index (χ1) is 7.77. The highest BCUT2D eigenvalue weighted by molar-refractivity contribution is 5.31. The Hall–Kier alpha value is -0.820. The first kappa shape index (κ1) is 11.7. The normalized spacial score (nSPS) is 17.2. The summed E-state index contributed by atoms with van der Waals surface area (Å²) in [6.07, 6.45) is 5.60. The van der Waals surface area contributed by atoms with Crippen LogP contribution in [0.3, 0.4) is 0 Å². The van der Waals surface area contributed by atoms with Crippen molar-refractivity contribution in [1.29, 1.82) is 0 Å². The molecule has 0 saturated heterocycles. The fraction of sp³-hybridized carbons (Fsp3) is 0.600. The summed E-state index contributed by atoms with van der Waals surface area (Å²) < 4.78 is 0. The Bertz CT molecular complexity index is 324. The standard InChI is InChI=1S/C15H23N/c1-12(2)16-11-14-9-5-6-10-15(14)13-7-3-4-8-13/h5-6,9-10,12-13,16H,3-4,7-8,11H2,1-2H3. The molecular formula is C15H23N. The molecule has 0 bridgehead atoms. The zero-order valence-corrected chi connectivity index (χ0v) is 10.5. The van der Waals surface area contributed by atoms with Crippen molar-refractivity contribution >= 4 is 0 Å². The third-order valence-electron chi connectivity index (χ3n) is 3.55. The van der Waals surface area contributed by atoms with Gasteiger partial charge < -0.3 is 5.32 Å². The van der Waals surface area contributed by atoms with Gasteiger partial charge in [-0.1, -0.05) is 51.0 Å². The Labute approximate surface area is 99.3 Å². The number of hydrogen-bond acceptors (Lipinski definition) is 1. The summed E-state index contributed by atoms with van der Waals surface area (Å²) in [5.41, 5.74) is 3.09. The van der Waals surface area contributed by atoms with Crippen LogP contribution in [0.4, 0.5) is 0 Å². The second-order valence-electron chi connectivity index (χ2n) is 5.22. The van der Waals surface area contributed by atoms with E-state index in [2.05, 4.69) is 43.4 Å². The Balaban J connectivity index is 2.10. The van der Waals surface area contributed by atoms with Gasteiger partial charge in [0, 0.05) is 12.6 Å². The molecule has 88 valence electrons. The van der Waals surface area contributed by atoms with Gasteiger partial charge in [0.25, 0.3) is 0 Å². The second-order valence-corrected chi connectivity index (χ2v) is 5.22. The van der Waals surface area contributed by atoms with Gasteiger partial charge in [-0.15, -0.1) is 0 Å². The first-order valence-corrected chi connectivity index (χ1v) is 6.58. The number of rotatable bonds is 4. The van der Waals surface area contributed by atoms with Crippen LogP contribution < -0.4 is 5.32 Å². The molecule has 0 unspecified atom stereocenters. The van der Waals surface area contributed by atoms with Crippen molar-refractivity contribution in [3.8, 4) is 0 Å². The van der Waals surface area contributed by atoms with Crippen LogP contribution in [-0.4, -0.2) is 6.04 Å². The van der Waals surface area contributed by atoms with E-state index >= 15 is 0 Å². The monoisotopic (exact) mass is 217 g/mol. The highest BCUT2D eigenvalue weighted by atomic mass is 14.9. The van der Waals surface area contributed by atoms with Crippen molar-refractivity contribution in [2.75, 3.05) is 0 Å². The van der Waals surface area contributed by atoms with Gasteiger partial charge in [-0.25, -0.2) is 0 Å². The molecule has 1 heteroatoms. The van der Waals surface area contributed by atoms with Gasteiger partial charge in [0.15, 0.2) is 0 Å². The molecule has 0 heterocycles. The van der Waals surface area contributed by atoms with Gasteiger partial charge in [0.1, 0.15) is 0 Å². The van der Waals surface area contributed by atoms with E-state index in [1.165, 1.54) is 31.2 Å². The summed E-state index contributed by atoms with van der Waals surface area (Å²) >= 11 is 0. The van der Waals surface area contributed by atoms with Crippen molar-refractivity contribution in [1.82, 2.24) is 5.32 Å². The van der Waals surface area contributed by atoms with Crippen molar-refractivity contribution in [2.24, 2.45) is 0 Å². The minimum Gasteiger partial charge on any atom is -0.310 e. The van der Waals surface area contributed by atoms with E-state index in [9.17, 15) is 0 Å². The molecule has 1 aliphatic rings. The van der Waals surface area contributed by atoms with Crippen LogP contribution in [0.5, 0.6) is 0 Å². The van der Waals surface area contributed by atoms with Crippen molar-refractivity contribution < 1.29 is 0 Å². The average Bonchev–Trinajstić information content (AvgIpc) is 2.80. The maximum atomic E-state index is 3.53. The Morgan fingerprint density at radius 1 is 1.19 bits per heavy atom. The number of hydrogen-bond donors (Lipinski definition) is 1. The van der Waals surface area contributed by atoms with Crippen LogP contribution >= 0.6 is 0 Å². The van der Waals surface area contributed by atoms with Gasteiger partial charge in [-0.3, -0.25) is 0 Å². The molecule has 1 N–H and O–H groups in total. The largest absolute Gasteiger partial charge is 0.310 e. The summed E-state index contributed by atoms with van der Waals surface area (Å²) in [6.45, 7) is 5.43. The second kappa shape index (κ2) is 5.49. The number of nitrogens with one attached hydrogen (secondary N) is 1. The molecule has 2 rings (SSSR count). The highest BCUT2D eigenvalue weighted by Gasteiger charge is 2.19. The molecule has 1 aromatic carbocycles. The van der Waals surface area contributed by atoms with Gasteiger partial charge in [-0.05, 0) is 29.9 Å². The lowest BCUT2D eigenvalue weighted by Gasteiger charge is -2.16. The lowest BCUT2D eigenvalue weighted by atomic mass is 9.93. The summed E-state index contributed by atoms with van der Waals surface area (Å²) in [5.74, 6) is 0.824. The molecule has 0 radical (unpaired) electrons. The molecule has 0 aliphatic heterocycles. The van der Waals surface area contributed by atoms with Crippen molar-refractivity contribution in [3.63, 3.8) is 0 Å². The zero-order valence-electron chi connectivity index (χ0n) is 10.5. The molecule has 1 aliphatic carbocycles. The molecular weight excluding hydrogens is 194 g/mol. The van der Waals surface area contributed by atoms with Crippen LogP contribution in [0.25, 0.3) is 0 Å². The van der Waals surface area contributed by atoms with Crippen LogP contribution in [0.2, 0.25) is 0 Å². The lowest BCUT2D eigenvalue weighted by Crippen LogP contribution is -2.22. The fourth-order valence-corrected chi connectivity index (χ4v) is 2.64. The van der Waals surface area contributed by atoms with Crippen LogP contribution in [0.15, 0.2) is 24.3 Å². The maximum Gasteiger partial charge on any atom is 0.0210 e. The lowest BCUT2D eigenvalue weighted by molar-refractivity contribution is 0.581. The van der Waals surface area contributed by atoms with E-state index in [4.69, 9.17) is 0 Å². The van der Waals surface area contributed by atoms with E-state index < -0.39 is 0 Å². The molecule has 1 aromatic rings. The van der Waals surface area contributed by atoms with Gasteiger partial charge in [-0.2, -0.15) is 0 Å². The Morgan fingerprint density at radius 2 is 1.88 bits per heavy atom. The predicted molar refractivity (Wildman–Crippen MR) is 69.6 cm³/mol. The van der Waals surface area contributed by atoms with Crippen LogP contribution in [-0.2, 0) is 6.54 Å². The first-order valence-electron chi connectivity index (χ1n) is 6.58. The minimum absolute atomic E-state index is 0.566. The van der Waals surface area contributed by atoms with E-state index in [1.807, 2.05) is 0 Å². The number of benzene rings is 1. The quantitative estimate of drug-likeness (QED) is 0.808. The molecule has 1 fully saturated rings. The third-order valence-corrected chi connectivity index (χ3v) is 3.55. The van der Waals surface area contributed by atoms with E-state index in [-0.39, 0.29) is 0 Å². The highest BCUT2D eigenvalue weighted by Crippen LogP contribution is 2.35.